The van der Waals surface area contributed by atoms with Crippen molar-refractivity contribution in [2.75, 3.05) is 26.8 Å². The second-order valence-corrected chi connectivity index (χ2v) is 6.17. The molecule has 0 aliphatic carbocycles. The van der Waals surface area contributed by atoms with Crippen LogP contribution in [0.2, 0.25) is 0 Å². The van der Waals surface area contributed by atoms with Gasteiger partial charge in [-0.3, -0.25) is 0 Å². The van der Waals surface area contributed by atoms with Crippen LogP contribution in [-0.4, -0.2) is 56.7 Å². The van der Waals surface area contributed by atoms with Crippen molar-refractivity contribution >= 4 is 16.0 Å². The van der Waals surface area contributed by atoms with Crippen LogP contribution in [0, 0.1) is 0 Å². The number of carbonyl (C=O) groups is 1. The fraction of sp³-hybridized carbons (Fsp3) is 0.417. The molecule has 7 nitrogen and oxygen atoms in total. The summed E-state index contributed by atoms with van der Waals surface area (Å²) in [6.07, 6.45) is -1.13. The molecule has 0 aromatic heterocycles. The molecule has 1 N–H and O–H groups in total. The molecule has 1 aromatic rings. The van der Waals surface area contributed by atoms with Crippen molar-refractivity contribution in [2.24, 2.45) is 0 Å². The molecule has 1 aromatic carbocycles. The molecule has 1 atom stereocenters. The fourth-order valence-corrected chi connectivity index (χ4v) is 3.31. The Morgan fingerprint density at radius 2 is 2.05 bits per heavy atom. The van der Waals surface area contributed by atoms with Gasteiger partial charge in [-0.05, 0) is 24.3 Å². The van der Waals surface area contributed by atoms with Gasteiger partial charge < -0.3 is 14.6 Å². The van der Waals surface area contributed by atoms with Crippen molar-refractivity contribution in [2.45, 2.75) is 11.0 Å². The fourth-order valence-electron chi connectivity index (χ4n) is 1.89. The number of hydrogen-bond donors (Lipinski definition) is 1. The van der Waals surface area contributed by atoms with Gasteiger partial charge in [0.25, 0.3) is 0 Å². The molecule has 1 aliphatic heterocycles. The molecule has 0 spiro atoms. The van der Waals surface area contributed by atoms with Crippen LogP contribution in [0.4, 0.5) is 0 Å². The van der Waals surface area contributed by atoms with E-state index in [4.69, 9.17) is 14.6 Å². The molecule has 1 aliphatic rings. The molecule has 1 saturated heterocycles. The molecule has 8 heteroatoms. The second-order valence-electron chi connectivity index (χ2n) is 4.24. The Balaban J connectivity index is 2.22. The summed E-state index contributed by atoms with van der Waals surface area (Å²) in [5, 5.41) is 8.90. The molecule has 0 amide bonds. The SMILES string of the molecule is COc1ccc(S(=O)(=O)N2CCOC(C(=O)O)C2)cc1. The van der Waals surface area contributed by atoms with E-state index in [1.807, 2.05) is 0 Å². The van der Waals surface area contributed by atoms with Crippen LogP contribution in [0.25, 0.3) is 0 Å². The van der Waals surface area contributed by atoms with E-state index in [1.54, 1.807) is 12.1 Å². The Kier molecular flexibility index (Phi) is 4.26. The summed E-state index contributed by atoms with van der Waals surface area (Å²) in [5.74, 6) is -0.617. The zero-order valence-electron chi connectivity index (χ0n) is 10.9. The summed E-state index contributed by atoms with van der Waals surface area (Å²) < 4.78 is 35.9. The normalized spacial score (nSPS) is 20.6. The number of ether oxygens (including phenoxy) is 2. The van der Waals surface area contributed by atoms with Crippen LogP contribution in [-0.2, 0) is 19.6 Å². The van der Waals surface area contributed by atoms with E-state index in [1.165, 1.54) is 19.2 Å². The minimum absolute atomic E-state index is 0.0619. The van der Waals surface area contributed by atoms with Crippen molar-refractivity contribution in [3.8, 4) is 5.75 Å². The number of methoxy groups -OCH3 is 1. The number of hydrogen-bond acceptors (Lipinski definition) is 5. The van der Waals surface area contributed by atoms with E-state index in [-0.39, 0.29) is 24.6 Å². The maximum atomic E-state index is 12.4. The minimum Gasteiger partial charge on any atom is -0.497 e. The van der Waals surface area contributed by atoms with E-state index in [9.17, 15) is 13.2 Å². The van der Waals surface area contributed by atoms with Gasteiger partial charge in [-0.25, -0.2) is 13.2 Å². The molecule has 110 valence electrons. The van der Waals surface area contributed by atoms with Crippen molar-refractivity contribution in [1.29, 1.82) is 0 Å². The molecule has 0 saturated carbocycles. The smallest absolute Gasteiger partial charge is 0.334 e. The Morgan fingerprint density at radius 1 is 1.40 bits per heavy atom. The van der Waals surface area contributed by atoms with Crippen LogP contribution in [0.5, 0.6) is 5.75 Å². The van der Waals surface area contributed by atoms with E-state index in [0.29, 0.717) is 5.75 Å². The third-order valence-electron chi connectivity index (χ3n) is 3.00. The zero-order valence-corrected chi connectivity index (χ0v) is 11.7. The lowest BCUT2D eigenvalue weighted by Crippen LogP contribution is -2.48. The van der Waals surface area contributed by atoms with Crippen LogP contribution < -0.4 is 4.74 Å². The zero-order chi connectivity index (χ0) is 14.8. The van der Waals surface area contributed by atoms with Gasteiger partial charge >= 0.3 is 5.97 Å². The average molecular weight is 301 g/mol. The van der Waals surface area contributed by atoms with Gasteiger partial charge in [0.1, 0.15) is 5.75 Å². The number of carboxylic acid groups (broad SMARTS) is 1. The Hall–Kier alpha value is -1.64. The highest BCUT2D eigenvalue weighted by Crippen LogP contribution is 2.21. The first kappa shape index (κ1) is 14.8. The topological polar surface area (TPSA) is 93.1 Å². The lowest BCUT2D eigenvalue weighted by atomic mass is 10.3. The van der Waals surface area contributed by atoms with Crippen LogP contribution in [0.15, 0.2) is 29.2 Å². The molecule has 1 unspecified atom stereocenters. The number of benzene rings is 1. The Bertz CT molecular complexity index is 582. The predicted molar refractivity (Wildman–Crippen MR) is 69.1 cm³/mol. The Morgan fingerprint density at radius 3 is 2.60 bits per heavy atom. The predicted octanol–water partition coefficient (Wildman–Crippen LogP) is 0.169. The number of aliphatic carboxylic acids is 1. The lowest BCUT2D eigenvalue weighted by Gasteiger charge is -2.30. The summed E-state index contributed by atoms with van der Waals surface area (Å²) in [7, 11) is -2.23. The van der Waals surface area contributed by atoms with Crippen molar-refractivity contribution in [3.63, 3.8) is 0 Å². The number of rotatable bonds is 4. The standard InChI is InChI=1S/C12H15NO6S/c1-18-9-2-4-10(5-3-9)20(16,17)13-6-7-19-11(8-13)12(14)15/h2-5,11H,6-8H2,1H3,(H,14,15). The highest BCUT2D eigenvalue weighted by molar-refractivity contribution is 7.89. The number of sulfonamides is 1. The average Bonchev–Trinajstić information content (AvgIpc) is 2.47. The summed E-state index contributed by atoms with van der Waals surface area (Å²) in [4.78, 5) is 11.0. The molecule has 2 rings (SSSR count). The molecule has 1 fully saturated rings. The Labute approximate surface area is 116 Å². The van der Waals surface area contributed by atoms with Crippen LogP contribution >= 0.6 is 0 Å². The van der Waals surface area contributed by atoms with Crippen molar-refractivity contribution in [3.05, 3.63) is 24.3 Å². The first-order chi connectivity index (χ1) is 9.45. The summed E-state index contributed by atoms with van der Waals surface area (Å²) in [5.41, 5.74) is 0. The number of carboxylic acids is 1. The van der Waals surface area contributed by atoms with Gasteiger partial charge in [-0.1, -0.05) is 0 Å². The largest absolute Gasteiger partial charge is 0.497 e. The van der Waals surface area contributed by atoms with Gasteiger partial charge in [0.15, 0.2) is 6.10 Å². The monoisotopic (exact) mass is 301 g/mol. The van der Waals surface area contributed by atoms with Crippen LogP contribution in [0.1, 0.15) is 0 Å². The quantitative estimate of drug-likeness (QED) is 0.852. The number of morpholine rings is 1. The molecular weight excluding hydrogens is 286 g/mol. The van der Waals surface area contributed by atoms with Crippen molar-refractivity contribution < 1.29 is 27.8 Å². The first-order valence-electron chi connectivity index (χ1n) is 5.94. The van der Waals surface area contributed by atoms with E-state index >= 15 is 0 Å². The maximum absolute atomic E-state index is 12.4. The second kappa shape index (κ2) is 5.78. The van der Waals surface area contributed by atoms with E-state index < -0.39 is 22.1 Å². The number of nitrogens with zero attached hydrogens (tertiary/aromatic N) is 1. The maximum Gasteiger partial charge on any atom is 0.334 e. The molecule has 0 radical (unpaired) electrons. The van der Waals surface area contributed by atoms with E-state index in [2.05, 4.69) is 0 Å². The summed E-state index contributed by atoms with van der Waals surface area (Å²) >= 11 is 0. The van der Waals surface area contributed by atoms with E-state index in [0.717, 1.165) is 4.31 Å². The molecule has 20 heavy (non-hydrogen) atoms. The first-order valence-corrected chi connectivity index (χ1v) is 7.38. The highest BCUT2D eigenvalue weighted by atomic mass is 32.2. The van der Waals surface area contributed by atoms with Gasteiger partial charge in [0.05, 0.1) is 25.2 Å². The molecule has 0 bridgehead atoms. The minimum atomic E-state index is -3.72. The lowest BCUT2D eigenvalue weighted by molar-refractivity contribution is -0.153. The summed E-state index contributed by atoms with van der Waals surface area (Å²) in [6.45, 7) is 0.00812. The van der Waals surface area contributed by atoms with Crippen LogP contribution in [0.3, 0.4) is 0 Å². The molecular formula is C12H15NO6S. The highest BCUT2D eigenvalue weighted by Gasteiger charge is 2.33. The van der Waals surface area contributed by atoms with Gasteiger partial charge in [-0.15, -0.1) is 0 Å². The molecule has 1 heterocycles. The van der Waals surface area contributed by atoms with Gasteiger partial charge in [0, 0.05) is 6.54 Å². The van der Waals surface area contributed by atoms with Gasteiger partial charge in [-0.2, -0.15) is 4.31 Å². The summed E-state index contributed by atoms with van der Waals surface area (Å²) in [6, 6.07) is 5.95. The van der Waals surface area contributed by atoms with Crippen molar-refractivity contribution in [1.82, 2.24) is 4.31 Å². The third-order valence-corrected chi connectivity index (χ3v) is 4.88. The van der Waals surface area contributed by atoms with Gasteiger partial charge in [0.2, 0.25) is 10.0 Å². The third kappa shape index (κ3) is 2.92.